The molecular formula is C9H12N2O3. The van der Waals surface area contributed by atoms with Crippen LogP contribution in [-0.4, -0.2) is 16.1 Å². The van der Waals surface area contributed by atoms with Gasteiger partial charge in [0.15, 0.2) is 0 Å². The number of H-pyrrole nitrogens is 2. The zero-order chi connectivity index (χ0) is 10.3. The minimum atomic E-state index is -0.449. The highest BCUT2D eigenvalue weighted by Gasteiger charge is 2.25. The van der Waals surface area contributed by atoms with E-state index in [1.807, 2.05) is 13.8 Å². The van der Waals surface area contributed by atoms with E-state index >= 15 is 0 Å². The molecule has 0 radical (unpaired) electrons. The Morgan fingerprint density at radius 1 is 1.29 bits per heavy atom. The number of hydrogen-bond donors (Lipinski definition) is 2. The fourth-order valence-electron chi connectivity index (χ4n) is 1.89. The molecule has 76 valence electrons. The second-order valence-corrected chi connectivity index (χ2v) is 3.59. The van der Waals surface area contributed by atoms with Gasteiger partial charge in [0, 0.05) is 12.1 Å². The molecule has 2 atom stereocenters. The van der Waals surface area contributed by atoms with Crippen molar-refractivity contribution in [1.29, 1.82) is 0 Å². The summed E-state index contributed by atoms with van der Waals surface area (Å²) in [4.78, 5) is 27.3. The first-order chi connectivity index (χ1) is 6.58. The Labute approximate surface area is 80.1 Å². The third-order valence-corrected chi connectivity index (χ3v) is 2.40. The van der Waals surface area contributed by atoms with Crippen LogP contribution in [0.4, 0.5) is 0 Å². The van der Waals surface area contributed by atoms with Gasteiger partial charge in [-0.1, -0.05) is 0 Å². The van der Waals surface area contributed by atoms with E-state index in [0.29, 0.717) is 17.7 Å². The molecule has 5 nitrogen and oxygen atoms in total. The molecule has 2 unspecified atom stereocenters. The van der Waals surface area contributed by atoms with Gasteiger partial charge in [-0.3, -0.25) is 9.78 Å². The second kappa shape index (κ2) is 3.09. The lowest BCUT2D eigenvalue weighted by Gasteiger charge is -2.26. The Balaban J connectivity index is 2.65. The standard InChI is InChI=1S/C9H12N2O3/c1-4-3-6-7(5(2)14-4)8(12)11-9(13)10-6/h4-5H,3H2,1-2H3,(H2,10,11,12,13). The molecule has 0 amide bonds. The van der Waals surface area contributed by atoms with Crippen molar-refractivity contribution in [3.8, 4) is 0 Å². The van der Waals surface area contributed by atoms with Gasteiger partial charge in [-0.15, -0.1) is 0 Å². The van der Waals surface area contributed by atoms with Gasteiger partial charge in [-0.2, -0.15) is 0 Å². The summed E-state index contributed by atoms with van der Waals surface area (Å²) >= 11 is 0. The van der Waals surface area contributed by atoms with Crippen LogP contribution >= 0.6 is 0 Å². The van der Waals surface area contributed by atoms with Crippen molar-refractivity contribution in [3.63, 3.8) is 0 Å². The fourth-order valence-corrected chi connectivity index (χ4v) is 1.89. The van der Waals surface area contributed by atoms with Crippen molar-refractivity contribution in [2.75, 3.05) is 0 Å². The number of fused-ring (bicyclic) bond motifs is 1. The Morgan fingerprint density at radius 2 is 2.00 bits per heavy atom. The molecule has 2 heterocycles. The molecule has 1 aliphatic heterocycles. The van der Waals surface area contributed by atoms with Crippen LogP contribution in [0.25, 0.3) is 0 Å². The third-order valence-electron chi connectivity index (χ3n) is 2.40. The molecule has 0 fully saturated rings. The largest absolute Gasteiger partial charge is 0.370 e. The summed E-state index contributed by atoms with van der Waals surface area (Å²) in [5.74, 6) is 0. The topological polar surface area (TPSA) is 75.0 Å². The zero-order valence-electron chi connectivity index (χ0n) is 8.09. The minimum absolute atomic E-state index is 0.0370. The molecular weight excluding hydrogens is 184 g/mol. The van der Waals surface area contributed by atoms with Crippen LogP contribution in [-0.2, 0) is 11.2 Å². The molecule has 1 aromatic rings. The van der Waals surface area contributed by atoms with Crippen LogP contribution in [0.3, 0.4) is 0 Å². The van der Waals surface area contributed by atoms with Crippen molar-refractivity contribution in [3.05, 3.63) is 32.1 Å². The minimum Gasteiger partial charge on any atom is -0.370 e. The van der Waals surface area contributed by atoms with Crippen LogP contribution in [0.5, 0.6) is 0 Å². The average Bonchev–Trinajstić information content (AvgIpc) is 1.99. The molecule has 2 rings (SSSR count). The van der Waals surface area contributed by atoms with Crippen LogP contribution in [0, 0.1) is 0 Å². The van der Waals surface area contributed by atoms with E-state index in [4.69, 9.17) is 4.74 Å². The van der Waals surface area contributed by atoms with E-state index in [1.165, 1.54) is 0 Å². The Morgan fingerprint density at radius 3 is 2.71 bits per heavy atom. The molecule has 1 aliphatic rings. The van der Waals surface area contributed by atoms with Gasteiger partial charge >= 0.3 is 5.69 Å². The first-order valence-electron chi connectivity index (χ1n) is 4.58. The summed E-state index contributed by atoms with van der Waals surface area (Å²) in [5.41, 5.74) is 0.450. The molecule has 0 aliphatic carbocycles. The molecule has 0 saturated heterocycles. The molecule has 0 bridgehead atoms. The summed E-state index contributed by atoms with van der Waals surface area (Å²) in [6, 6.07) is 0. The maximum absolute atomic E-state index is 11.4. The zero-order valence-corrected chi connectivity index (χ0v) is 8.09. The normalized spacial score (nSPS) is 25.9. The van der Waals surface area contributed by atoms with E-state index in [1.54, 1.807) is 0 Å². The van der Waals surface area contributed by atoms with E-state index in [2.05, 4.69) is 9.97 Å². The molecule has 0 spiro atoms. The number of ether oxygens (including phenoxy) is 1. The van der Waals surface area contributed by atoms with Crippen LogP contribution in [0.15, 0.2) is 9.59 Å². The number of nitrogens with one attached hydrogen (secondary N) is 2. The highest BCUT2D eigenvalue weighted by atomic mass is 16.5. The average molecular weight is 196 g/mol. The number of aromatic nitrogens is 2. The second-order valence-electron chi connectivity index (χ2n) is 3.59. The van der Waals surface area contributed by atoms with Gasteiger partial charge in [0.1, 0.15) is 0 Å². The van der Waals surface area contributed by atoms with E-state index < -0.39 is 5.69 Å². The lowest BCUT2D eigenvalue weighted by atomic mass is 10.0. The highest BCUT2D eigenvalue weighted by Crippen LogP contribution is 2.24. The summed E-state index contributed by atoms with van der Waals surface area (Å²) in [6.07, 6.45) is 0.364. The Kier molecular flexibility index (Phi) is 2.03. The van der Waals surface area contributed by atoms with Gasteiger partial charge in [0.2, 0.25) is 0 Å². The Bertz CT molecular complexity index is 460. The van der Waals surface area contributed by atoms with E-state index in [0.717, 1.165) is 0 Å². The van der Waals surface area contributed by atoms with Gasteiger partial charge in [0.25, 0.3) is 5.56 Å². The van der Waals surface area contributed by atoms with Gasteiger partial charge in [-0.05, 0) is 13.8 Å². The van der Waals surface area contributed by atoms with Crippen LogP contribution in [0.1, 0.15) is 31.2 Å². The maximum Gasteiger partial charge on any atom is 0.325 e. The number of aromatic amines is 2. The summed E-state index contributed by atoms with van der Waals surface area (Å²) in [6.45, 7) is 3.72. The van der Waals surface area contributed by atoms with Gasteiger partial charge in [0.05, 0.1) is 17.8 Å². The summed E-state index contributed by atoms with van der Waals surface area (Å²) in [7, 11) is 0. The molecule has 1 aromatic heterocycles. The number of rotatable bonds is 0. The predicted octanol–water partition coefficient (Wildman–Crippen LogP) is 0.0854. The monoisotopic (exact) mass is 196 g/mol. The molecule has 2 N–H and O–H groups in total. The SMILES string of the molecule is CC1Cc2[nH]c(=O)[nH]c(=O)c2C(C)O1. The van der Waals surface area contributed by atoms with Gasteiger partial charge < -0.3 is 9.72 Å². The van der Waals surface area contributed by atoms with Gasteiger partial charge in [-0.25, -0.2) is 4.79 Å². The first-order valence-corrected chi connectivity index (χ1v) is 4.58. The van der Waals surface area contributed by atoms with Crippen molar-refractivity contribution in [2.24, 2.45) is 0 Å². The van der Waals surface area contributed by atoms with Crippen LogP contribution in [0.2, 0.25) is 0 Å². The molecule has 0 saturated carbocycles. The van der Waals surface area contributed by atoms with Crippen molar-refractivity contribution >= 4 is 0 Å². The van der Waals surface area contributed by atoms with Crippen molar-refractivity contribution < 1.29 is 4.74 Å². The number of hydrogen-bond acceptors (Lipinski definition) is 3. The predicted molar refractivity (Wildman–Crippen MR) is 50.3 cm³/mol. The van der Waals surface area contributed by atoms with Crippen molar-refractivity contribution in [2.45, 2.75) is 32.5 Å². The fraction of sp³-hybridized carbons (Fsp3) is 0.556. The molecule has 0 aromatic carbocycles. The molecule has 5 heteroatoms. The quantitative estimate of drug-likeness (QED) is 0.617. The summed E-state index contributed by atoms with van der Waals surface area (Å²) < 4.78 is 5.49. The smallest absolute Gasteiger partial charge is 0.325 e. The lowest BCUT2D eigenvalue weighted by molar-refractivity contribution is -0.00706. The summed E-state index contributed by atoms with van der Waals surface area (Å²) in [5, 5.41) is 0. The molecule has 14 heavy (non-hydrogen) atoms. The van der Waals surface area contributed by atoms with E-state index in [9.17, 15) is 9.59 Å². The maximum atomic E-state index is 11.4. The lowest BCUT2D eigenvalue weighted by Crippen LogP contribution is -2.35. The Hall–Kier alpha value is -1.36. The third kappa shape index (κ3) is 1.39. The van der Waals surface area contributed by atoms with Crippen molar-refractivity contribution in [1.82, 2.24) is 9.97 Å². The van der Waals surface area contributed by atoms with E-state index in [-0.39, 0.29) is 17.8 Å². The van der Waals surface area contributed by atoms with Crippen LogP contribution < -0.4 is 11.2 Å². The highest BCUT2D eigenvalue weighted by molar-refractivity contribution is 5.21. The first kappa shape index (κ1) is 9.21.